The molecule has 0 aromatic heterocycles. The van der Waals surface area contributed by atoms with Crippen molar-refractivity contribution in [3.8, 4) is 55.6 Å². The van der Waals surface area contributed by atoms with Gasteiger partial charge < -0.3 is 4.90 Å². The molecule has 0 N–H and O–H groups in total. The SMILES string of the molecule is CC1(C)c2ccccc2-c2ccc(-c3ccccc3N(c3ccc(-c4cccc5c4ccc4ccccc45)cc3)c3cccc(-c4cccc5c4C(C)(C)c4ccccc4-5)c3)cc21. The van der Waals surface area contributed by atoms with Gasteiger partial charge in [0.05, 0.1) is 5.69 Å². The molecule has 0 amide bonds. The van der Waals surface area contributed by atoms with E-state index in [1.54, 1.807) is 0 Å². The van der Waals surface area contributed by atoms with Crippen molar-refractivity contribution < 1.29 is 0 Å². The van der Waals surface area contributed by atoms with E-state index in [1.807, 2.05) is 0 Å². The topological polar surface area (TPSA) is 3.24 Å². The van der Waals surface area contributed by atoms with E-state index in [1.165, 1.54) is 99.4 Å². The molecule has 1 nitrogen and oxygen atoms in total. The molecule has 2 aliphatic rings. The molecule has 0 saturated heterocycles. The van der Waals surface area contributed by atoms with Crippen LogP contribution in [-0.4, -0.2) is 0 Å². The van der Waals surface area contributed by atoms with Crippen LogP contribution in [-0.2, 0) is 10.8 Å². The Hall–Kier alpha value is -7.48. The van der Waals surface area contributed by atoms with E-state index in [0.717, 1.165) is 17.1 Å². The molecule has 0 unspecified atom stereocenters. The molecular formula is C62H47N. The monoisotopic (exact) mass is 805 g/mol. The van der Waals surface area contributed by atoms with Crippen LogP contribution in [0.15, 0.2) is 212 Å². The molecule has 0 bridgehead atoms. The van der Waals surface area contributed by atoms with Gasteiger partial charge in [-0.2, -0.15) is 0 Å². The van der Waals surface area contributed by atoms with E-state index in [9.17, 15) is 0 Å². The number of rotatable bonds is 6. The van der Waals surface area contributed by atoms with Crippen LogP contribution in [0.5, 0.6) is 0 Å². The summed E-state index contributed by atoms with van der Waals surface area (Å²) in [6.45, 7) is 9.49. The van der Waals surface area contributed by atoms with Gasteiger partial charge in [0, 0.05) is 27.8 Å². The molecule has 10 aromatic rings. The van der Waals surface area contributed by atoms with Gasteiger partial charge in [0.25, 0.3) is 0 Å². The summed E-state index contributed by atoms with van der Waals surface area (Å²) in [7, 11) is 0. The third-order valence-corrected chi connectivity index (χ3v) is 14.3. The van der Waals surface area contributed by atoms with Crippen molar-refractivity contribution in [2.24, 2.45) is 0 Å². The summed E-state index contributed by atoms with van der Waals surface area (Å²) in [6.07, 6.45) is 0. The molecule has 0 aliphatic heterocycles. The minimum atomic E-state index is -0.129. The number of hydrogen-bond acceptors (Lipinski definition) is 1. The number of anilines is 3. The average Bonchev–Trinajstić information content (AvgIpc) is 3.71. The fraction of sp³-hybridized carbons (Fsp3) is 0.0968. The van der Waals surface area contributed by atoms with E-state index in [0.29, 0.717) is 0 Å². The Bertz CT molecular complexity index is 3460. The second-order valence-corrected chi connectivity index (χ2v) is 18.5. The highest BCUT2D eigenvalue weighted by atomic mass is 15.1. The van der Waals surface area contributed by atoms with Crippen LogP contribution in [0.4, 0.5) is 17.1 Å². The maximum absolute atomic E-state index is 2.47. The first-order valence-electron chi connectivity index (χ1n) is 22.3. The molecule has 12 rings (SSSR count). The molecular weight excluding hydrogens is 759 g/mol. The normalized spacial score (nSPS) is 14.0. The van der Waals surface area contributed by atoms with Gasteiger partial charge in [0.15, 0.2) is 0 Å². The summed E-state index contributed by atoms with van der Waals surface area (Å²) in [6, 6.07) is 79.1. The second kappa shape index (κ2) is 14.0. The summed E-state index contributed by atoms with van der Waals surface area (Å²) in [5, 5.41) is 5.09. The maximum Gasteiger partial charge on any atom is 0.0540 e. The Kier molecular flexibility index (Phi) is 8.30. The third-order valence-electron chi connectivity index (χ3n) is 14.3. The number of benzene rings is 10. The Morgan fingerprint density at radius 3 is 1.70 bits per heavy atom. The Morgan fingerprint density at radius 1 is 0.302 bits per heavy atom. The molecule has 10 aromatic carbocycles. The number of hydrogen-bond donors (Lipinski definition) is 0. The molecule has 63 heavy (non-hydrogen) atoms. The minimum Gasteiger partial charge on any atom is -0.310 e. The summed E-state index contributed by atoms with van der Waals surface area (Å²) < 4.78 is 0. The zero-order valence-corrected chi connectivity index (χ0v) is 36.2. The van der Waals surface area contributed by atoms with Crippen molar-refractivity contribution in [2.75, 3.05) is 4.90 Å². The van der Waals surface area contributed by atoms with Crippen molar-refractivity contribution in [2.45, 2.75) is 38.5 Å². The lowest BCUT2D eigenvalue weighted by molar-refractivity contribution is 0.660. The predicted molar refractivity (Wildman–Crippen MR) is 268 cm³/mol. The lowest BCUT2D eigenvalue weighted by atomic mass is 9.79. The van der Waals surface area contributed by atoms with Crippen molar-refractivity contribution in [1.82, 2.24) is 0 Å². The minimum absolute atomic E-state index is 0.0992. The first-order valence-corrected chi connectivity index (χ1v) is 22.3. The van der Waals surface area contributed by atoms with Gasteiger partial charge in [-0.3, -0.25) is 0 Å². The smallest absolute Gasteiger partial charge is 0.0540 e. The van der Waals surface area contributed by atoms with Gasteiger partial charge in [0.1, 0.15) is 0 Å². The van der Waals surface area contributed by atoms with E-state index in [-0.39, 0.29) is 10.8 Å². The molecule has 0 heterocycles. The standard InChI is InChI=1S/C62H47N/c1-61(2)56-27-10-7-21-52(56)54-37-33-43(39-58(54)61)48-20-9-12-29-59(48)63(44-34-30-41(31-35-44)47-23-14-25-50-46-19-6-5-16-40(46)32-36-51(47)50)45-18-13-17-42(38-45)49-24-15-26-55-53-22-8-11-28-57(53)62(3,4)60(49)55/h5-39H,1-4H3. The lowest BCUT2D eigenvalue weighted by Crippen LogP contribution is -2.16. The van der Waals surface area contributed by atoms with Crippen molar-refractivity contribution in [3.63, 3.8) is 0 Å². The second-order valence-electron chi connectivity index (χ2n) is 18.5. The van der Waals surface area contributed by atoms with Gasteiger partial charge in [-0.25, -0.2) is 0 Å². The van der Waals surface area contributed by atoms with Crippen LogP contribution < -0.4 is 4.90 Å². The van der Waals surface area contributed by atoms with E-state index < -0.39 is 0 Å². The molecule has 300 valence electrons. The van der Waals surface area contributed by atoms with Crippen LogP contribution in [0.25, 0.3) is 77.2 Å². The largest absolute Gasteiger partial charge is 0.310 e. The first-order chi connectivity index (χ1) is 30.8. The highest BCUT2D eigenvalue weighted by molar-refractivity contribution is 6.12. The van der Waals surface area contributed by atoms with Crippen molar-refractivity contribution in [3.05, 3.63) is 235 Å². The fourth-order valence-electron chi connectivity index (χ4n) is 11.2. The lowest BCUT2D eigenvalue weighted by Gasteiger charge is -2.29. The summed E-state index contributed by atoms with van der Waals surface area (Å²) in [5.74, 6) is 0. The van der Waals surface area contributed by atoms with Gasteiger partial charge in [-0.05, 0) is 130 Å². The average molecular weight is 806 g/mol. The van der Waals surface area contributed by atoms with Gasteiger partial charge in [0.2, 0.25) is 0 Å². The van der Waals surface area contributed by atoms with E-state index in [4.69, 9.17) is 0 Å². The molecule has 0 radical (unpaired) electrons. The number of para-hydroxylation sites is 1. The van der Waals surface area contributed by atoms with Crippen LogP contribution >= 0.6 is 0 Å². The Labute approximate surface area is 370 Å². The highest BCUT2D eigenvalue weighted by Crippen LogP contribution is 2.54. The van der Waals surface area contributed by atoms with Gasteiger partial charge in [-0.1, -0.05) is 204 Å². The molecule has 2 aliphatic carbocycles. The van der Waals surface area contributed by atoms with Crippen LogP contribution in [0.3, 0.4) is 0 Å². The van der Waals surface area contributed by atoms with Crippen LogP contribution in [0.2, 0.25) is 0 Å². The van der Waals surface area contributed by atoms with Gasteiger partial charge >= 0.3 is 0 Å². The van der Waals surface area contributed by atoms with Crippen molar-refractivity contribution in [1.29, 1.82) is 0 Å². The maximum atomic E-state index is 2.47. The molecule has 1 heteroatoms. The fourth-order valence-corrected chi connectivity index (χ4v) is 11.2. The van der Waals surface area contributed by atoms with Gasteiger partial charge in [-0.15, -0.1) is 0 Å². The molecule has 0 saturated carbocycles. The summed E-state index contributed by atoms with van der Waals surface area (Å²) in [4.78, 5) is 2.47. The first kappa shape index (κ1) is 37.3. The number of fused-ring (bicyclic) bond motifs is 9. The quantitative estimate of drug-likeness (QED) is 0.151. The van der Waals surface area contributed by atoms with E-state index in [2.05, 4.69) is 245 Å². The Morgan fingerprint density at radius 2 is 0.873 bits per heavy atom. The predicted octanol–water partition coefficient (Wildman–Crippen LogP) is 17.1. The molecule has 0 fully saturated rings. The number of nitrogens with zero attached hydrogens (tertiary/aromatic N) is 1. The highest BCUT2D eigenvalue weighted by Gasteiger charge is 2.38. The van der Waals surface area contributed by atoms with Crippen LogP contribution in [0.1, 0.15) is 49.9 Å². The van der Waals surface area contributed by atoms with Crippen molar-refractivity contribution >= 4 is 38.6 Å². The zero-order valence-electron chi connectivity index (χ0n) is 36.2. The molecule has 0 spiro atoms. The van der Waals surface area contributed by atoms with E-state index >= 15 is 0 Å². The Balaban J connectivity index is 1.02. The summed E-state index contributed by atoms with van der Waals surface area (Å²) in [5.41, 5.74) is 21.4. The summed E-state index contributed by atoms with van der Waals surface area (Å²) >= 11 is 0. The van der Waals surface area contributed by atoms with Crippen LogP contribution in [0, 0.1) is 0 Å². The third kappa shape index (κ3) is 5.69. The molecule has 0 atom stereocenters. The zero-order chi connectivity index (χ0) is 42.5.